The van der Waals surface area contributed by atoms with Gasteiger partial charge in [-0.15, -0.1) is 0 Å². The summed E-state index contributed by atoms with van der Waals surface area (Å²) in [6.07, 6.45) is 1.08. The van der Waals surface area contributed by atoms with Crippen molar-refractivity contribution in [1.29, 1.82) is 0 Å². The number of nitrogens with one attached hydrogen (secondary N) is 1. The molecule has 27 heavy (non-hydrogen) atoms. The van der Waals surface area contributed by atoms with E-state index in [-0.39, 0.29) is 5.91 Å². The van der Waals surface area contributed by atoms with Crippen LogP contribution in [0.4, 0.5) is 11.4 Å². The van der Waals surface area contributed by atoms with Gasteiger partial charge in [0.25, 0.3) is 10.0 Å². The molecule has 0 atom stereocenters. The quantitative estimate of drug-likeness (QED) is 0.863. The minimum absolute atomic E-state index is 0.111. The van der Waals surface area contributed by atoms with Crippen LogP contribution >= 0.6 is 0 Å². The molecule has 3 rings (SSSR count). The van der Waals surface area contributed by atoms with Crippen molar-refractivity contribution in [2.45, 2.75) is 52.4 Å². The second kappa shape index (κ2) is 7.00. The molecule has 0 aliphatic carbocycles. The Hall–Kier alpha value is -2.34. The third kappa shape index (κ3) is 3.46. The van der Waals surface area contributed by atoms with Crippen molar-refractivity contribution in [2.24, 2.45) is 0 Å². The van der Waals surface area contributed by atoms with Crippen LogP contribution < -0.4 is 9.62 Å². The predicted octanol–water partition coefficient (Wildman–Crippen LogP) is 4.02. The number of nitrogens with zero attached hydrogens (tertiary/aromatic N) is 1. The number of sulfonamides is 1. The number of aryl methyl sites for hydroxylation is 3. The van der Waals surface area contributed by atoms with E-state index < -0.39 is 10.0 Å². The van der Waals surface area contributed by atoms with E-state index in [1.54, 1.807) is 11.0 Å². The molecule has 0 fully saturated rings. The maximum absolute atomic E-state index is 13.1. The van der Waals surface area contributed by atoms with Crippen molar-refractivity contribution in [3.8, 4) is 0 Å². The Morgan fingerprint density at radius 2 is 1.63 bits per heavy atom. The summed E-state index contributed by atoms with van der Waals surface area (Å²) in [5.74, 6) is 0.111. The van der Waals surface area contributed by atoms with Crippen molar-refractivity contribution in [2.75, 3.05) is 16.2 Å². The fraction of sp³-hybridized carbons (Fsp3) is 0.381. The molecule has 2 aromatic carbocycles. The van der Waals surface area contributed by atoms with Gasteiger partial charge in [0.05, 0.1) is 4.90 Å². The van der Waals surface area contributed by atoms with Gasteiger partial charge >= 0.3 is 0 Å². The van der Waals surface area contributed by atoms with E-state index in [0.717, 1.165) is 33.5 Å². The lowest BCUT2D eigenvalue weighted by molar-refractivity contribution is -0.118. The highest BCUT2D eigenvalue weighted by Gasteiger charge is 2.25. The number of amides is 1. The number of hydrogen-bond acceptors (Lipinski definition) is 3. The van der Waals surface area contributed by atoms with Gasteiger partial charge < -0.3 is 4.90 Å². The third-order valence-corrected chi connectivity index (χ3v) is 7.07. The fourth-order valence-corrected chi connectivity index (χ4v) is 5.43. The van der Waals surface area contributed by atoms with E-state index in [1.165, 1.54) is 0 Å². The summed E-state index contributed by atoms with van der Waals surface area (Å²) >= 11 is 0. The van der Waals surface area contributed by atoms with Gasteiger partial charge in [0.1, 0.15) is 0 Å². The molecule has 0 unspecified atom stereocenters. The summed E-state index contributed by atoms with van der Waals surface area (Å²) < 4.78 is 29.0. The molecule has 1 amide bonds. The lowest BCUT2D eigenvalue weighted by atomic mass is 10.0. The van der Waals surface area contributed by atoms with Crippen molar-refractivity contribution in [3.63, 3.8) is 0 Å². The second-order valence-electron chi connectivity index (χ2n) is 7.18. The molecular formula is C21H26N2O3S. The van der Waals surface area contributed by atoms with Gasteiger partial charge in [-0.1, -0.05) is 6.07 Å². The van der Waals surface area contributed by atoms with Crippen LogP contribution in [0.2, 0.25) is 0 Å². The highest BCUT2D eigenvalue weighted by molar-refractivity contribution is 7.92. The van der Waals surface area contributed by atoms with Gasteiger partial charge in [0, 0.05) is 24.3 Å². The summed E-state index contributed by atoms with van der Waals surface area (Å²) in [6, 6.07) is 7.41. The number of fused-ring (bicyclic) bond motifs is 1. The number of rotatable bonds is 4. The molecule has 0 aromatic heterocycles. The fourth-order valence-electron chi connectivity index (χ4n) is 3.76. The van der Waals surface area contributed by atoms with Gasteiger partial charge in [0.2, 0.25) is 5.91 Å². The number of carbonyl (C=O) groups excluding carboxylic acids is 1. The lowest BCUT2D eigenvalue weighted by Gasteiger charge is -2.28. The summed E-state index contributed by atoms with van der Waals surface area (Å²) in [5.41, 5.74) is 5.85. The average molecular weight is 387 g/mol. The van der Waals surface area contributed by atoms with E-state index in [2.05, 4.69) is 4.72 Å². The molecule has 0 saturated heterocycles. The summed E-state index contributed by atoms with van der Waals surface area (Å²) in [6.45, 7) is 10.1. The monoisotopic (exact) mass is 386 g/mol. The Balaban J connectivity index is 2.00. The zero-order chi connectivity index (χ0) is 19.9. The molecule has 0 saturated carbocycles. The van der Waals surface area contributed by atoms with Crippen LogP contribution in [0.3, 0.4) is 0 Å². The molecule has 1 aliphatic heterocycles. The van der Waals surface area contributed by atoms with Crippen LogP contribution in [-0.4, -0.2) is 20.9 Å². The predicted molar refractivity (Wildman–Crippen MR) is 109 cm³/mol. The van der Waals surface area contributed by atoms with Gasteiger partial charge in [0.15, 0.2) is 0 Å². The maximum Gasteiger partial charge on any atom is 0.262 e. The molecule has 144 valence electrons. The van der Waals surface area contributed by atoms with Crippen LogP contribution in [-0.2, 0) is 21.2 Å². The molecule has 1 aliphatic rings. The first-order valence-electron chi connectivity index (χ1n) is 9.19. The van der Waals surface area contributed by atoms with E-state index in [9.17, 15) is 13.2 Å². The first kappa shape index (κ1) is 19.4. The Morgan fingerprint density at radius 3 is 2.22 bits per heavy atom. The van der Waals surface area contributed by atoms with E-state index in [1.807, 2.05) is 52.8 Å². The Labute approximate surface area is 161 Å². The van der Waals surface area contributed by atoms with Gasteiger partial charge in [-0.3, -0.25) is 9.52 Å². The Morgan fingerprint density at radius 1 is 1.00 bits per heavy atom. The summed E-state index contributed by atoms with van der Waals surface area (Å²) in [7, 11) is -3.71. The standard InChI is InChI=1S/C21H26N2O3S/c1-6-23-19-9-8-18(12-17(19)7-10-20(23)24)22-27(25,26)21-15(4)13(2)11-14(3)16(21)5/h8-9,11-12,22H,6-7,10H2,1-5H3. The van der Waals surface area contributed by atoms with Gasteiger partial charge in [-0.2, -0.15) is 0 Å². The van der Waals surface area contributed by atoms with Crippen molar-refractivity contribution < 1.29 is 13.2 Å². The highest BCUT2D eigenvalue weighted by Crippen LogP contribution is 2.32. The molecule has 5 nitrogen and oxygen atoms in total. The number of carbonyl (C=O) groups is 1. The van der Waals surface area contributed by atoms with Crippen LogP contribution in [0.5, 0.6) is 0 Å². The second-order valence-corrected chi connectivity index (χ2v) is 8.80. The summed E-state index contributed by atoms with van der Waals surface area (Å²) in [5, 5.41) is 0. The highest BCUT2D eigenvalue weighted by atomic mass is 32.2. The van der Waals surface area contributed by atoms with Crippen LogP contribution in [0, 0.1) is 27.7 Å². The summed E-state index contributed by atoms with van der Waals surface area (Å²) in [4.78, 5) is 14.1. The van der Waals surface area contributed by atoms with Gasteiger partial charge in [-0.05, 0) is 87.1 Å². The van der Waals surface area contributed by atoms with Crippen LogP contribution in [0.15, 0.2) is 29.2 Å². The largest absolute Gasteiger partial charge is 0.312 e. The molecule has 0 bridgehead atoms. The van der Waals surface area contributed by atoms with Crippen molar-refractivity contribution in [3.05, 3.63) is 52.1 Å². The smallest absolute Gasteiger partial charge is 0.262 e. The Bertz CT molecular complexity index is 1000. The molecule has 0 radical (unpaired) electrons. The third-order valence-electron chi connectivity index (χ3n) is 5.41. The van der Waals surface area contributed by atoms with Crippen molar-refractivity contribution in [1.82, 2.24) is 0 Å². The molecule has 1 N–H and O–H groups in total. The van der Waals surface area contributed by atoms with E-state index in [4.69, 9.17) is 0 Å². The number of anilines is 2. The van der Waals surface area contributed by atoms with Crippen LogP contribution in [0.25, 0.3) is 0 Å². The molecule has 6 heteroatoms. The first-order valence-corrected chi connectivity index (χ1v) is 10.7. The lowest BCUT2D eigenvalue weighted by Crippen LogP contribution is -2.34. The number of hydrogen-bond donors (Lipinski definition) is 1. The van der Waals surface area contributed by atoms with Gasteiger partial charge in [-0.25, -0.2) is 8.42 Å². The Kier molecular flexibility index (Phi) is 5.04. The molecule has 0 spiro atoms. The van der Waals surface area contributed by atoms with E-state index in [0.29, 0.717) is 30.0 Å². The maximum atomic E-state index is 13.1. The molecular weight excluding hydrogens is 360 g/mol. The molecule has 1 heterocycles. The van der Waals surface area contributed by atoms with Crippen LogP contribution in [0.1, 0.15) is 41.2 Å². The minimum Gasteiger partial charge on any atom is -0.312 e. The van der Waals surface area contributed by atoms with Crippen molar-refractivity contribution >= 4 is 27.3 Å². The zero-order valence-electron chi connectivity index (χ0n) is 16.5. The first-order chi connectivity index (χ1) is 12.7. The minimum atomic E-state index is -3.71. The molecule has 2 aromatic rings. The number of benzene rings is 2. The SMILES string of the molecule is CCN1C(=O)CCc2cc(NS(=O)(=O)c3c(C)c(C)cc(C)c3C)ccc21. The topological polar surface area (TPSA) is 66.5 Å². The van der Waals surface area contributed by atoms with E-state index >= 15 is 0 Å². The zero-order valence-corrected chi connectivity index (χ0v) is 17.3. The normalized spacial score (nSPS) is 14.3. The average Bonchev–Trinajstić information content (AvgIpc) is 2.59.